The summed E-state index contributed by atoms with van der Waals surface area (Å²) < 4.78 is 5.02. The van der Waals surface area contributed by atoms with E-state index in [2.05, 4.69) is 10.6 Å². The Hall–Kier alpha value is -1.85. The second-order valence-electron chi connectivity index (χ2n) is 4.85. The van der Waals surface area contributed by atoms with Crippen LogP contribution in [0.25, 0.3) is 0 Å². The van der Waals surface area contributed by atoms with Crippen molar-refractivity contribution in [3.63, 3.8) is 0 Å². The average molecular weight is 282 g/mol. The number of ether oxygens (including phenoxy) is 1. The molecule has 0 aromatic heterocycles. The van der Waals surface area contributed by atoms with Crippen molar-refractivity contribution in [2.24, 2.45) is 5.41 Å². The fourth-order valence-electron chi connectivity index (χ4n) is 2.23. The minimum Gasteiger partial charge on any atom is -0.465 e. The van der Waals surface area contributed by atoms with Crippen molar-refractivity contribution in [3.05, 3.63) is 11.6 Å². The van der Waals surface area contributed by atoms with Crippen molar-refractivity contribution < 1.29 is 19.1 Å². The van der Waals surface area contributed by atoms with Gasteiger partial charge in [0.15, 0.2) is 5.41 Å². The molecule has 1 aliphatic carbocycles. The van der Waals surface area contributed by atoms with Gasteiger partial charge in [-0.25, -0.2) is 4.79 Å². The number of imide groups is 1. The van der Waals surface area contributed by atoms with Crippen LogP contribution in [-0.4, -0.2) is 31.6 Å². The standard InChI is InChI=1S/C14H22N2O4/c1-4-20-12(18)14(2,10-8-6-5-7-9-10)11(17)16-13(19)15-3/h8H,4-7,9H2,1-3H3,(H2,15,16,17,19). The molecule has 0 radical (unpaired) electrons. The van der Waals surface area contributed by atoms with Gasteiger partial charge in [-0.3, -0.25) is 14.9 Å². The highest BCUT2D eigenvalue weighted by atomic mass is 16.5. The van der Waals surface area contributed by atoms with Gasteiger partial charge in [-0.15, -0.1) is 0 Å². The molecule has 1 atom stereocenters. The lowest BCUT2D eigenvalue weighted by molar-refractivity contribution is -0.157. The van der Waals surface area contributed by atoms with Crippen LogP contribution in [0.1, 0.15) is 39.5 Å². The molecule has 0 heterocycles. The maximum absolute atomic E-state index is 12.3. The summed E-state index contributed by atoms with van der Waals surface area (Å²) in [4.78, 5) is 35.9. The van der Waals surface area contributed by atoms with Crippen molar-refractivity contribution >= 4 is 17.9 Å². The third-order valence-corrected chi connectivity index (χ3v) is 3.53. The van der Waals surface area contributed by atoms with E-state index < -0.39 is 23.3 Å². The van der Waals surface area contributed by atoms with Gasteiger partial charge in [-0.05, 0) is 45.1 Å². The first-order chi connectivity index (χ1) is 9.46. The summed E-state index contributed by atoms with van der Waals surface area (Å²) in [5, 5.41) is 4.48. The van der Waals surface area contributed by atoms with Gasteiger partial charge >= 0.3 is 12.0 Å². The zero-order chi connectivity index (χ0) is 15.2. The van der Waals surface area contributed by atoms with E-state index in [1.807, 2.05) is 6.08 Å². The molecule has 6 nitrogen and oxygen atoms in total. The minimum atomic E-state index is -1.44. The van der Waals surface area contributed by atoms with Crippen LogP contribution in [0.5, 0.6) is 0 Å². The van der Waals surface area contributed by atoms with Gasteiger partial charge in [0.05, 0.1) is 6.61 Å². The monoisotopic (exact) mass is 282 g/mol. The molecule has 6 heteroatoms. The fraction of sp³-hybridized carbons (Fsp3) is 0.643. The van der Waals surface area contributed by atoms with Crippen LogP contribution >= 0.6 is 0 Å². The Morgan fingerprint density at radius 1 is 1.35 bits per heavy atom. The predicted octanol–water partition coefficient (Wildman–Crippen LogP) is 1.51. The third-order valence-electron chi connectivity index (χ3n) is 3.53. The molecule has 1 rings (SSSR count). The van der Waals surface area contributed by atoms with Crippen LogP contribution in [-0.2, 0) is 14.3 Å². The van der Waals surface area contributed by atoms with Crippen LogP contribution in [0.2, 0.25) is 0 Å². The normalized spacial score (nSPS) is 17.4. The number of carbonyl (C=O) groups excluding carboxylic acids is 3. The van der Waals surface area contributed by atoms with Crippen LogP contribution in [0.15, 0.2) is 11.6 Å². The molecule has 3 amide bonds. The van der Waals surface area contributed by atoms with Crippen LogP contribution in [0, 0.1) is 5.41 Å². The van der Waals surface area contributed by atoms with E-state index in [0.29, 0.717) is 6.42 Å². The maximum Gasteiger partial charge on any atom is 0.325 e. The van der Waals surface area contributed by atoms with Crippen molar-refractivity contribution in [2.75, 3.05) is 13.7 Å². The van der Waals surface area contributed by atoms with Crippen molar-refractivity contribution in [1.29, 1.82) is 0 Å². The van der Waals surface area contributed by atoms with Gasteiger partial charge < -0.3 is 10.1 Å². The van der Waals surface area contributed by atoms with Crippen LogP contribution in [0.3, 0.4) is 0 Å². The Morgan fingerprint density at radius 3 is 2.55 bits per heavy atom. The first kappa shape index (κ1) is 16.2. The average Bonchev–Trinajstić information content (AvgIpc) is 2.47. The van der Waals surface area contributed by atoms with E-state index in [9.17, 15) is 14.4 Å². The highest BCUT2D eigenvalue weighted by Gasteiger charge is 2.46. The number of allylic oxidation sites excluding steroid dienone is 1. The largest absolute Gasteiger partial charge is 0.465 e. The summed E-state index contributed by atoms with van der Waals surface area (Å²) in [6, 6.07) is -0.637. The molecule has 20 heavy (non-hydrogen) atoms. The smallest absolute Gasteiger partial charge is 0.325 e. The number of hydrogen-bond donors (Lipinski definition) is 2. The molecule has 0 saturated carbocycles. The van der Waals surface area contributed by atoms with Gasteiger partial charge in [0, 0.05) is 7.05 Å². The maximum atomic E-state index is 12.3. The Kier molecular flexibility index (Phi) is 5.73. The second-order valence-corrected chi connectivity index (χ2v) is 4.85. The molecule has 0 spiro atoms. The predicted molar refractivity (Wildman–Crippen MR) is 73.9 cm³/mol. The Morgan fingerprint density at radius 2 is 2.05 bits per heavy atom. The summed E-state index contributed by atoms with van der Waals surface area (Å²) in [6.45, 7) is 3.39. The zero-order valence-electron chi connectivity index (χ0n) is 12.2. The molecule has 0 bridgehead atoms. The highest BCUT2D eigenvalue weighted by molar-refractivity contribution is 6.10. The summed E-state index contributed by atoms with van der Waals surface area (Å²) in [5.41, 5.74) is -0.716. The molecule has 0 saturated heterocycles. The van der Waals surface area contributed by atoms with Crippen molar-refractivity contribution in [1.82, 2.24) is 10.6 Å². The minimum absolute atomic E-state index is 0.189. The quantitative estimate of drug-likeness (QED) is 0.465. The molecule has 1 aliphatic rings. The molecule has 1 unspecified atom stereocenters. The lowest BCUT2D eigenvalue weighted by Gasteiger charge is -2.30. The van der Waals surface area contributed by atoms with E-state index in [1.54, 1.807) is 6.92 Å². The summed E-state index contributed by atoms with van der Waals surface area (Å²) in [7, 11) is 1.41. The molecule has 0 aliphatic heterocycles. The van der Waals surface area contributed by atoms with Gasteiger partial charge in [0.2, 0.25) is 5.91 Å². The van der Waals surface area contributed by atoms with E-state index in [-0.39, 0.29) is 6.61 Å². The number of urea groups is 1. The van der Waals surface area contributed by atoms with Crippen LogP contribution < -0.4 is 10.6 Å². The van der Waals surface area contributed by atoms with Crippen molar-refractivity contribution in [3.8, 4) is 0 Å². The van der Waals surface area contributed by atoms with Gasteiger partial charge in [0.25, 0.3) is 0 Å². The summed E-state index contributed by atoms with van der Waals surface area (Å²) >= 11 is 0. The topological polar surface area (TPSA) is 84.5 Å². The van der Waals surface area contributed by atoms with E-state index in [1.165, 1.54) is 14.0 Å². The number of rotatable bonds is 4. The van der Waals surface area contributed by atoms with Crippen molar-refractivity contribution in [2.45, 2.75) is 39.5 Å². The van der Waals surface area contributed by atoms with Gasteiger partial charge in [-0.1, -0.05) is 6.08 Å². The Bertz CT molecular complexity index is 431. The number of amides is 3. The first-order valence-electron chi connectivity index (χ1n) is 6.86. The van der Waals surface area contributed by atoms with Crippen LogP contribution in [0.4, 0.5) is 4.79 Å². The lowest BCUT2D eigenvalue weighted by atomic mass is 9.76. The SMILES string of the molecule is CCOC(=O)C(C)(C(=O)NC(=O)NC)C1=CCCCC1. The number of nitrogens with one attached hydrogen (secondary N) is 2. The molecular formula is C14H22N2O4. The number of hydrogen-bond acceptors (Lipinski definition) is 4. The van der Waals surface area contributed by atoms with Gasteiger partial charge in [0.1, 0.15) is 0 Å². The highest BCUT2D eigenvalue weighted by Crippen LogP contribution is 2.35. The first-order valence-corrected chi connectivity index (χ1v) is 6.86. The molecule has 0 aromatic rings. The lowest BCUT2D eigenvalue weighted by Crippen LogP contribution is -2.50. The van der Waals surface area contributed by atoms with E-state index in [0.717, 1.165) is 24.8 Å². The zero-order valence-corrected chi connectivity index (χ0v) is 12.2. The Balaban J connectivity index is 3.06. The molecule has 2 N–H and O–H groups in total. The van der Waals surface area contributed by atoms with Gasteiger partial charge in [-0.2, -0.15) is 0 Å². The fourth-order valence-corrected chi connectivity index (χ4v) is 2.23. The third kappa shape index (κ3) is 3.37. The summed E-state index contributed by atoms with van der Waals surface area (Å²) in [6.07, 6.45) is 5.37. The van der Waals surface area contributed by atoms with E-state index in [4.69, 9.17) is 4.74 Å². The molecular weight excluding hydrogens is 260 g/mol. The second kappa shape index (κ2) is 7.07. The molecule has 0 aromatic carbocycles. The van der Waals surface area contributed by atoms with E-state index >= 15 is 0 Å². The molecule has 0 fully saturated rings. The summed E-state index contributed by atoms with van der Waals surface area (Å²) in [5.74, 6) is -1.27. The molecule has 112 valence electrons. The number of esters is 1. The Labute approximate surface area is 118 Å². The number of carbonyl (C=O) groups is 3.